The van der Waals surface area contributed by atoms with Crippen molar-refractivity contribution < 1.29 is 26.4 Å². The summed E-state index contributed by atoms with van der Waals surface area (Å²) >= 11 is 0. The second kappa shape index (κ2) is 7.89. The lowest BCUT2D eigenvalue weighted by molar-refractivity contribution is -0.116. The lowest BCUT2D eigenvalue weighted by Crippen LogP contribution is -2.52. The standard InChI is InChI=1S/C22H25F3N4O3S/c1-12(2)19-18-9-14-5-6-15(33(4,31)32)10-17(14)28(18)7-8-29(19)21-26-11-16(13(3)30)20(27-21)22(23,24)25/h5-6,9-10,12,19H,7-8,11H2,1-4H3,(H,26,27)/t19-/m1/s1. The van der Waals surface area contributed by atoms with Crippen LogP contribution in [0.25, 0.3) is 10.9 Å². The summed E-state index contributed by atoms with van der Waals surface area (Å²) in [5.74, 6) is -0.572. The zero-order valence-electron chi connectivity index (χ0n) is 18.7. The molecule has 2 aromatic rings. The maximum absolute atomic E-state index is 13.7. The Morgan fingerprint density at radius 2 is 1.91 bits per heavy atom. The number of carbonyl (C=O) groups is 1. The Morgan fingerprint density at radius 3 is 2.48 bits per heavy atom. The highest BCUT2D eigenvalue weighted by molar-refractivity contribution is 7.90. The van der Waals surface area contributed by atoms with Crippen molar-refractivity contribution in [2.75, 3.05) is 19.3 Å². The van der Waals surface area contributed by atoms with Crippen LogP contribution in [0.5, 0.6) is 0 Å². The number of aliphatic imine (C=N–C) groups is 1. The smallest absolute Gasteiger partial charge is 0.341 e. The van der Waals surface area contributed by atoms with Gasteiger partial charge >= 0.3 is 6.18 Å². The molecule has 0 saturated heterocycles. The molecule has 7 nitrogen and oxygen atoms in total. The molecule has 0 fully saturated rings. The van der Waals surface area contributed by atoms with E-state index in [0.29, 0.717) is 13.1 Å². The van der Waals surface area contributed by atoms with E-state index in [2.05, 4.69) is 10.3 Å². The number of Topliss-reactive ketones (excluding diaryl/α,β-unsaturated/α-hetero) is 1. The van der Waals surface area contributed by atoms with Gasteiger partial charge in [-0.25, -0.2) is 13.4 Å². The van der Waals surface area contributed by atoms with Gasteiger partial charge in [0.05, 0.1) is 17.5 Å². The first-order valence-corrected chi connectivity index (χ1v) is 12.4. The lowest BCUT2D eigenvalue weighted by Gasteiger charge is -2.42. The van der Waals surface area contributed by atoms with Crippen molar-refractivity contribution in [2.45, 2.75) is 44.4 Å². The van der Waals surface area contributed by atoms with Crippen molar-refractivity contribution in [3.05, 3.63) is 41.2 Å². The fourth-order valence-electron chi connectivity index (χ4n) is 4.58. The number of benzene rings is 1. The summed E-state index contributed by atoms with van der Waals surface area (Å²) in [5, 5.41) is 3.25. The van der Waals surface area contributed by atoms with Crippen molar-refractivity contribution in [3.8, 4) is 0 Å². The van der Waals surface area contributed by atoms with Crippen LogP contribution in [-0.4, -0.2) is 55.1 Å². The summed E-state index contributed by atoms with van der Waals surface area (Å²) in [6, 6.07) is 6.60. The Balaban J connectivity index is 1.76. The largest absolute Gasteiger partial charge is 0.431 e. The minimum Gasteiger partial charge on any atom is -0.341 e. The molecule has 0 amide bonds. The first-order chi connectivity index (χ1) is 15.3. The molecule has 0 saturated carbocycles. The van der Waals surface area contributed by atoms with Gasteiger partial charge in [-0.15, -0.1) is 0 Å². The number of hydrogen-bond donors (Lipinski definition) is 1. The molecule has 1 N–H and O–H groups in total. The number of alkyl halides is 3. The van der Waals surface area contributed by atoms with Gasteiger partial charge in [0, 0.05) is 41.5 Å². The third-order valence-electron chi connectivity index (χ3n) is 6.08. The third kappa shape index (κ3) is 4.14. The number of rotatable bonds is 3. The second-order valence-electron chi connectivity index (χ2n) is 8.77. The van der Waals surface area contributed by atoms with Crippen molar-refractivity contribution in [1.82, 2.24) is 14.8 Å². The van der Waals surface area contributed by atoms with Crippen molar-refractivity contribution in [2.24, 2.45) is 10.9 Å². The maximum Gasteiger partial charge on any atom is 0.431 e. The van der Waals surface area contributed by atoms with E-state index < -0.39 is 27.5 Å². The van der Waals surface area contributed by atoms with Crippen LogP contribution in [0.3, 0.4) is 0 Å². The van der Waals surface area contributed by atoms with E-state index in [0.717, 1.165) is 29.8 Å². The summed E-state index contributed by atoms with van der Waals surface area (Å²) < 4.78 is 67.1. The van der Waals surface area contributed by atoms with Gasteiger partial charge in [0.2, 0.25) is 0 Å². The van der Waals surface area contributed by atoms with Crippen molar-refractivity contribution >= 4 is 32.5 Å². The Hall–Kier alpha value is -2.82. The van der Waals surface area contributed by atoms with Gasteiger partial charge in [-0.3, -0.25) is 4.79 Å². The van der Waals surface area contributed by atoms with E-state index in [4.69, 9.17) is 0 Å². The first-order valence-electron chi connectivity index (χ1n) is 10.5. The number of carbonyl (C=O) groups excluding carboxylic acids is 1. The lowest BCUT2D eigenvalue weighted by atomic mass is 9.97. The quantitative estimate of drug-likeness (QED) is 0.725. The number of nitrogens with zero attached hydrogens (tertiary/aromatic N) is 3. The Morgan fingerprint density at radius 1 is 1.21 bits per heavy atom. The number of fused-ring (bicyclic) bond motifs is 3. The summed E-state index contributed by atoms with van der Waals surface area (Å²) in [4.78, 5) is 18.1. The highest BCUT2D eigenvalue weighted by atomic mass is 32.2. The molecule has 11 heteroatoms. The summed E-state index contributed by atoms with van der Waals surface area (Å²) in [6.45, 7) is 5.52. The molecular formula is C22H25F3N4O3S. The molecular weight excluding hydrogens is 457 g/mol. The van der Waals surface area contributed by atoms with Crippen LogP contribution in [0.4, 0.5) is 13.2 Å². The molecule has 0 aliphatic carbocycles. The second-order valence-corrected chi connectivity index (χ2v) is 10.8. The van der Waals surface area contributed by atoms with Crippen LogP contribution in [0.2, 0.25) is 0 Å². The Labute approximate surface area is 189 Å². The van der Waals surface area contributed by atoms with E-state index in [1.807, 2.05) is 24.5 Å². The number of hydrogen-bond acceptors (Lipinski definition) is 6. The van der Waals surface area contributed by atoms with Gasteiger partial charge in [-0.2, -0.15) is 13.2 Å². The minimum absolute atomic E-state index is 0.0137. The van der Waals surface area contributed by atoms with Gasteiger partial charge in [-0.05, 0) is 31.0 Å². The molecule has 3 heterocycles. The highest BCUT2D eigenvalue weighted by Crippen LogP contribution is 2.38. The minimum atomic E-state index is -4.71. The molecule has 4 rings (SSSR count). The van der Waals surface area contributed by atoms with E-state index >= 15 is 0 Å². The molecule has 33 heavy (non-hydrogen) atoms. The molecule has 1 aromatic carbocycles. The normalized spacial score (nSPS) is 19.6. The van der Waals surface area contributed by atoms with Crippen LogP contribution in [0, 0.1) is 5.92 Å². The van der Waals surface area contributed by atoms with Crippen molar-refractivity contribution in [1.29, 1.82) is 0 Å². The monoisotopic (exact) mass is 482 g/mol. The SMILES string of the molecule is CC(=O)C1=C(C(F)(F)F)NC(N2CCn3c(cc4ccc(S(C)(=O)=O)cc43)[C@H]2C(C)C)=NC1. The van der Waals surface area contributed by atoms with E-state index in [-0.39, 0.29) is 34.9 Å². The summed E-state index contributed by atoms with van der Waals surface area (Å²) in [5.41, 5.74) is 0.195. The number of sulfone groups is 1. The fourth-order valence-corrected chi connectivity index (χ4v) is 5.22. The molecule has 1 atom stereocenters. The number of nitrogens with one attached hydrogen (secondary N) is 1. The van der Waals surface area contributed by atoms with Gasteiger partial charge in [0.25, 0.3) is 0 Å². The maximum atomic E-state index is 13.7. The van der Waals surface area contributed by atoms with E-state index in [1.165, 1.54) is 0 Å². The fraction of sp³-hybridized carbons (Fsp3) is 0.455. The molecule has 178 valence electrons. The Kier molecular flexibility index (Phi) is 5.58. The van der Waals surface area contributed by atoms with E-state index in [9.17, 15) is 26.4 Å². The predicted molar refractivity (Wildman–Crippen MR) is 119 cm³/mol. The zero-order chi connectivity index (χ0) is 24.3. The molecule has 0 spiro atoms. The molecule has 0 radical (unpaired) electrons. The van der Waals surface area contributed by atoms with Crippen molar-refractivity contribution in [3.63, 3.8) is 0 Å². The molecule has 2 aliphatic heterocycles. The summed E-state index contributed by atoms with van der Waals surface area (Å²) in [7, 11) is -3.38. The average Bonchev–Trinajstić information content (AvgIpc) is 3.08. The van der Waals surface area contributed by atoms with Crippen LogP contribution < -0.4 is 5.32 Å². The molecule has 0 unspecified atom stereocenters. The van der Waals surface area contributed by atoms with Gasteiger partial charge in [0.1, 0.15) is 5.70 Å². The van der Waals surface area contributed by atoms with E-state index in [1.54, 1.807) is 23.1 Å². The number of allylic oxidation sites excluding steroid dienone is 1. The molecule has 0 bridgehead atoms. The van der Waals surface area contributed by atoms with Crippen LogP contribution in [0.15, 0.2) is 45.4 Å². The third-order valence-corrected chi connectivity index (χ3v) is 7.19. The molecule has 2 aliphatic rings. The van der Waals surface area contributed by atoms with Gasteiger partial charge in [0.15, 0.2) is 21.6 Å². The topological polar surface area (TPSA) is 83.8 Å². The molecule has 1 aromatic heterocycles. The number of halogens is 3. The van der Waals surface area contributed by atoms with Crippen LogP contribution in [0.1, 0.15) is 32.5 Å². The highest BCUT2D eigenvalue weighted by Gasteiger charge is 2.42. The zero-order valence-corrected chi connectivity index (χ0v) is 19.5. The number of ketones is 1. The van der Waals surface area contributed by atoms with Gasteiger partial charge in [-0.1, -0.05) is 19.9 Å². The van der Waals surface area contributed by atoms with Crippen LogP contribution >= 0.6 is 0 Å². The number of guanidine groups is 1. The Bertz CT molecular complexity index is 1310. The van der Waals surface area contributed by atoms with Crippen LogP contribution in [-0.2, 0) is 21.2 Å². The average molecular weight is 483 g/mol. The summed E-state index contributed by atoms with van der Waals surface area (Å²) in [6.07, 6.45) is -3.55. The number of aromatic nitrogens is 1. The first kappa shape index (κ1) is 23.3. The van der Waals surface area contributed by atoms with Gasteiger partial charge < -0.3 is 14.8 Å². The predicted octanol–water partition coefficient (Wildman–Crippen LogP) is 3.42.